The Balaban J connectivity index is 2.21. The van der Waals surface area contributed by atoms with Gasteiger partial charge in [-0.25, -0.2) is 0 Å². The number of likely N-dealkylation sites (tertiary alicyclic amines) is 1. The zero-order chi connectivity index (χ0) is 8.10. The third-order valence-electron chi connectivity index (χ3n) is 2.42. The summed E-state index contributed by atoms with van der Waals surface area (Å²) in [4.78, 5) is 2.52. The highest BCUT2D eigenvalue weighted by molar-refractivity contribution is 4.70. The fourth-order valence-corrected chi connectivity index (χ4v) is 1.71. The first-order valence-corrected chi connectivity index (χ1v) is 4.57. The molecule has 1 atom stereocenters. The fraction of sp³-hybridized carbons (Fsp3) is 1.00. The van der Waals surface area contributed by atoms with Crippen LogP contribution in [-0.4, -0.2) is 37.7 Å². The fourth-order valence-electron chi connectivity index (χ4n) is 1.71. The van der Waals surface area contributed by atoms with Gasteiger partial charge in [0.05, 0.1) is 6.61 Å². The van der Waals surface area contributed by atoms with Gasteiger partial charge in [-0.15, -0.1) is 0 Å². The molecule has 0 N–H and O–H groups in total. The third kappa shape index (κ3) is 2.80. The van der Waals surface area contributed by atoms with Crippen molar-refractivity contribution in [3.05, 3.63) is 0 Å². The third-order valence-corrected chi connectivity index (χ3v) is 2.42. The van der Waals surface area contributed by atoms with Crippen LogP contribution in [0.25, 0.3) is 0 Å². The Bertz CT molecular complexity index is 99.7. The summed E-state index contributed by atoms with van der Waals surface area (Å²) in [6, 6.07) is 0.611. The van der Waals surface area contributed by atoms with Crippen LogP contribution < -0.4 is 0 Å². The molecule has 66 valence electrons. The van der Waals surface area contributed by atoms with Gasteiger partial charge in [-0.3, -0.25) is 4.90 Å². The Morgan fingerprint density at radius 2 is 1.91 bits per heavy atom. The molecule has 2 nitrogen and oxygen atoms in total. The minimum absolute atomic E-state index is 0.611. The van der Waals surface area contributed by atoms with E-state index in [0.717, 1.165) is 6.61 Å². The lowest BCUT2D eigenvalue weighted by Gasteiger charge is -2.31. The molecule has 2 heteroatoms. The van der Waals surface area contributed by atoms with Crippen LogP contribution in [0.1, 0.15) is 26.2 Å². The van der Waals surface area contributed by atoms with Gasteiger partial charge in [0.15, 0.2) is 0 Å². The van der Waals surface area contributed by atoms with Gasteiger partial charge in [0.2, 0.25) is 0 Å². The van der Waals surface area contributed by atoms with Crippen LogP contribution in [0.3, 0.4) is 0 Å². The molecule has 11 heavy (non-hydrogen) atoms. The van der Waals surface area contributed by atoms with E-state index in [9.17, 15) is 0 Å². The summed E-state index contributed by atoms with van der Waals surface area (Å²) in [6.45, 7) is 5.66. The molecule has 0 spiro atoms. The van der Waals surface area contributed by atoms with Gasteiger partial charge in [0, 0.05) is 13.2 Å². The predicted molar refractivity (Wildman–Crippen MR) is 46.8 cm³/mol. The summed E-state index contributed by atoms with van der Waals surface area (Å²) in [5.74, 6) is 0. The average Bonchev–Trinajstić information content (AvgIpc) is 2.07. The van der Waals surface area contributed by atoms with Crippen molar-refractivity contribution in [3.8, 4) is 0 Å². The van der Waals surface area contributed by atoms with E-state index in [0.29, 0.717) is 6.04 Å². The van der Waals surface area contributed by atoms with E-state index in [-0.39, 0.29) is 0 Å². The highest BCUT2D eigenvalue weighted by Crippen LogP contribution is 2.11. The van der Waals surface area contributed by atoms with Crippen LogP contribution in [0.2, 0.25) is 0 Å². The second-order valence-electron chi connectivity index (χ2n) is 3.40. The molecule has 1 heterocycles. The molecule has 0 radical (unpaired) electrons. The maximum absolute atomic E-state index is 5.12. The van der Waals surface area contributed by atoms with Crippen molar-refractivity contribution >= 4 is 0 Å². The molecule has 0 aromatic heterocycles. The van der Waals surface area contributed by atoms with Crippen LogP contribution in [-0.2, 0) is 4.74 Å². The Kier molecular flexibility index (Phi) is 3.87. The smallest absolute Gasteiger partial charge is 0.0615 e. The van der Waals surface area contributed by atoms with E-state index in [1.807, 2.05) is 0 Å². The summed E-state index contributed by atoms with van der Waals surface area (Å²) < 4.78 is 5.12. The molecule has 1 aliphatic rings. The van der Waals surface area contributed by atoms with Gasteiger partial charge >= 0.3 is 0 Å². The number of nitrogens with zero attached hydrogens (tertiary/aromatic N) is 1. The Morgan fingerprint density at radius 3 is 2.45 bits per heavy atom. The molecule has 0 aromatic rings. The topological polar surface area (TPSA) is 12.5 Å². The normalized spacial score (nSPS) is 23.5. The number of hydrogen-bond donors (Lipinski definition) is 0. The molecule has 0 amide bonds. The van der Waals surface area contributed by atoms with Gasteiger partial charge in [-0.2, -0.15) is 0 Å². The van der Waals surface area contributed by atoms with Crippen molar-refractivity contribution in [1.82, 2.24) is 4.90 Å². The molecule has 0 saturated carbocycles. The Hall–Kier alpha value is -0.0800. The minimum Gasteiger partial charge on any atom is -0.383 e. The minimum atomic E-state index is 0.611. The van der Waals surface area contributed by atoms with Crippen molar-refractivity contribution in [2.75, 3.05) is 26.8 Å². The van der Waals surface area contributed by atoms with Crippen LogP contribution >= 0.6 is 0 Å². The van der Waals surface area contributed by atoms with Crippen LogP contribution in [0.5, 0.6) is 0 Å². The highest BCUT2D eigenvalue weighted by Gasteiger charge is 2.15. The van der Waals surface area contributed by atoms with E-state index >= 15 is 0 Å². The lowest BCUT2D eigenvalue weighted by Crippen LogP contribution is -2.39. The van der Waals surface area contributed by atoms with E-state index < -0.39 is 0 Å². The van der Waals surface area contributed by atoms with Crippen molar-refractivity contribution in [1.29, 1.82) is 0 Å². The van der Waals surface area contributed by atoms with Gasteiger partial charge in [-0.05, 0) is 32.9 Å². The van der Waals surface area contributed by atoms with Gasteiger partial charge in [-0.1, -0.05) is 6.42 Å². The van der Waals surface area contributed by atoms with Crippen molar-refractivity contribution in [2.24, 2.45) is 0 Å². The van der Waals surface area contributed by atoms with Crippen molar-refractivity contribution < 1.29 is 4.74 Å². The summed E-state index contributed by atoms with van der Waals surface area (Å²) in [5, 5.41) is 0. The molecule has 1 saturated heterocycles. The number of ether oxygens (including phenoxy) is 1. The molecular formula is C9H19NO. The van der Waals surface area contributed by atoms with Gasteiger partial charge < -0.3 is 4.74 Å². The average molecular weight is 157 g/mol. The lowest BCUT2D eigenvalue weighted by atomic mass is 10.1. The van der Waals surface area contributed by atoms with Crippen molar-refractivity contribution in [2.45, 2.75) is 32.2 Å². The Labute approximate surface area is 69.5 Å². The summed E-state index contributed by atoms with van der Waals surface area (Å²) >= 11 is 0. The molecule has 1 rings (SSSR count). The number of hydrogen-bond acceptors (Lipinski definition) is 2. The molecule has 0 aliphatic carbocycles. The summed E-state index contributed by atoms with van der Waals surface area (Å²) in [6.07, 6.45) is 4.15. The molecule has 0 aromatic carbocycles. The molecular weight excluding hydrogens is 138 g/mol. The second kappa shape index (κ2) is 4.73. The van der Waals surface area contributed by atoms with Crippen LogP contribution in [0, 0.1) is 0 Å². The van der Waals surface area contributed by atoms with Gasteiger partial charge in [0.25, 0.3) is 0 Å². The number of rotatable bonds is 3. The largest absolute Gasteiger partial charge is 0.383 e. The predicted octanol–water partition coefficient (Wildman–Crippen LogP) is 1.51. The van der Waals surface area contributed by atoms with Crippen LogP contribution in [0.4, 0.5) is 0 Å². The SMILES string of the molecule is COCC(C)N1CCCCC1. The quantitative estimate of drug-likeness (QED) is 0.615. The van der Waals surface area contributed by atoms with E-state index in [1.165, 1.54) is 32.4 Å². The molecule has 1 unspecified atom stereocenters. The highest BCUT2D eigenvalue weighted by atomic mass is 16.5. The first kappa shape index (κ1) is 9.01. The van der Waals surface area contributed by atoms with E-state index in [2.05, 4.69) is 11.8 Å². The Morgan fingerprint density at radius 1 is 1.27 bits per heavy atom. The van der Waals surface area contributed by atoms with E-state index in [4.69, 9.17) is 4.74 Å². The zero-order valence-electron chi connectivity index (χ0n) is 7.68. The molecule has 1 aliphatic heterocycles. The first-order valence-electron chi connectivity index (χ1n) is 4.57. The molecule has 1 fully saturated rings. The number of piperidine rings is 1. The van der Waals surface area contributed by atoms with Crippen molar-refractivity contribution in [3.63, 3.8) is 0 Å². The maximum atomic E-state index is 5.12. The molecule has 0 bridgehead atoms. The lowest BCUT2D eigenvalue weighted by molar-refractivity contribution is 0.0864. The van der Waals surface area contributed by atoms with E-state index in [1.54, 1.807) is 7.11 Å². The second-order valence-corrected chi connectivity index (χ2v) is 3.40. The summed E-state index contributed by atoms with van der Waals surface area (Å²) in [7, 11) is 1.78. The maximum Gasteiger partial charge on any atom is 0.0615 e. The first-order chi connectivity index (χ1) is 5.34. The van der Waals surface area contributed by atoms with Crippen LogP contribution in [0.15, 0.2) is 0 Å². The standard InChI is InChI=1S/C9H19NO/c1-9(8-11-2)10-6-4-3-5-7-10/h9H,3-8H2,1-2H3. The number of methoxy groups -OCH3 is 1. The van der Waals surface area contributed by atoms with Gasteiger partial charge in [0.1, 0.15) is 0 Å². The monoisotopic (exact) mass is 157 g/mol. The summed E-state index contributed by atoms with van der Waals surface area (Å²) in [5.41, 5.74) is 0. The zero-order valence-corrected chi connectivity index (χ0v) is 7.68.